The number of nitrogens with one attached hydrogen (secondary N) is 1. The van der Waals surface area contributed by atoms with Crippen LogP contribution in [0.25, 0.3) is 11.5 Å². The van der Waals surface area contributed by atoms with Crippen LogP contribution in [0.1, 0.15) is 24.9 Å². The molecule has 1 aliphatic rings. The lowest BCUT2D eigenvalue weighted by molar-refractivity contribution is 0.504. The van der Waals surface area contributed by atoms with Crippen LogP contribution in [0.2, 0.25) is 0 Å². The van der Waals surface area contributed by atoms with Crippen LogP contribution in [0.15, 0.2) is 58.0 Å². The van der Waals surface area contributed by atoms with Crippen molar-refractivity contribution in [2.45, 2.75) is 30.7 Å². The van der Waals surface area contributed by atoms with E-state index in [4.69, 9.17) is 4.42 Å². The summed E-state index contributed by atoms with van der Waals surface area (Å²) < 4.78 is 59.0. The predicted molar refractivity (Wildman–Crippen MR) is 109 cm³/mol. The van der Waals surface area contributed by atoms with Crippen molar-refractivity contribution in [2.75, 3.05) is 16.2 Å². The Kier molecular flexibility index (Phi) is 4.99. The number of sulfone groups is 1. The number of furan rings is 1. The Morgan fingerprint density at radius 2 is 2.00 bits per heavy atom. The summed E-state index contributed by atoms with van der Waals surface area (Å²) in [6.45, 7) is 1.99. The molecule has 154 valence electrons. The Morgan fingerprint density at radius 1 is 1.24 bits per heavy atom. The van der Waals surface area contributed by atoms with E-state index in [-0.39, 0.29) is 22.2 Å². The van der Waals surface area contributed by atoms with Crippen LogP contribution >= 0.6 is 0 Å². The molecule has 0 radical (unpaired) electrons. The molecule has 1 N–H and O–H groups in total. The molecule has 1 aliphatic heterocycles. The first-order chi connectivity index (χ1) is 13.8. The van der Waals surface area contributed by atoms with E-state index in [0.29, 0.717) is 17.9 Å². The van der Waals surface area contributed by atoms with Gasteiger partial charge in [-0.05, 0) is 42.7 Å². The van der Waals surface area contributed by atoms with Crippen LogP contribution in [0, 0.1) is 0 Å². The fourth-order valence-corrected chi connectivity index (χ4v) is 6.09. The van der Waals surface area contributed by atoms with Crippen molar-refractivity contribution in [3.8, 4) is 11.5 Å². The monoisotopic (exact) mass is 435 g/mol. The maximum atomic E-state index is 12.9. The zero-order valence-electron chi connectivity index (χ0n) is 15.8. The van der Waals surface area contributed by atoms with E-state index in [1.165, 1.54) is 10.9 Å². The molecule has 0 amide bonds. The number of aryl methyl sites for hydroxylation is 1. The summed E-state index contributed by atoms with van der Waals surface area (Å²) in [5.74, 6) is 0.653. The molecule has 1 saturated heterocycles. The third-order valence-electron chi connectivity index (χ3n) is 4.94. The minimum atomic E-state index is -3.87. The molecule has 8 nitrogen and oxygen atoms in total. The number of nitrogens with zero attached hydrogens (tertiary/aromatic N) is 2. The molecule has 0 aliphatic carbocycles. The Bertz CT molecular complexity index is 1210. The van der Waals surface area contributed by atoms with Crippen LogP contribution in [0.3, 0.4) is 0 Å². The average Bonchev–Trinajstić information content (AvgIpc) is 3.41. The van der Waals surface area contributed by atoms with E-state index in [9.17, 15) is 16.8 Å². The standard InChI is InChI=1S/C19H21N3O5S2/c1-2-14-5-7-16(8-6-14)29(25,26)21-19-12-17(18-4-3-10-27-18)20-22(19)15-9-11-28(23,24)13-15/h3-8,10,12,15,21H,2,9,11,13H2,1H3/t15-/m0/s1. The Morgan fingerprint density at radius 3 is 2.59 bits per heavy atom. The summed E-state index contributed by atoms with van der Waals surface area (Å²) in [5, 5.41) is 4.44. The summed E-state index contributed by atoms with van der Waals surface area (Å²) >= 11 is 0. The highest BCUT2D eigenvalue weighted by Crippen LogP contribution is 2.31. The topological polar surface area (TPSA) is 111 Å². The van der Waals surface area contributed by atoms with Crippen molar-refractivity contribution in [2.24, 2.45) is 0 Å². The number of anilines is 1. The molecule has 1 aromatic carbocycles. The molecule has 0 spiro atoms. The normalized spacial score (nSPS) is 18.7. The van der Waals surface area contributed by atoms with Crippen molar-refractivity contribution in [3.05, 3.63) is 54.3 Å². The van der Waals surface area contributed by atoms with Crippen molar-refractivity contribution in [1.82, 2.24) is 9.78 Å². The molecular weight excluding hydrogens is 414 g/mol. The summed E-state index contributed by atoms with van der Waals surface area (Å²) in [6, 6.07) is 11.2. The van der Waals surface area contributed by atoms with Gasteiger partial charge in [-0.2, -0.15) is 5.10 Å². The van der Waals surface area contributed by atoms with Crippen LogP contribution in [-0.2, 0) is 26.3 Å². The summed E-state index contributed by atoms with van der Waals surface area (Å²) in [6.07, 6.45) is 2.68. The number of aromatic nitrogens is 2. The zero-order valence-corrected chi connectivity index (χ0v) is 17.4. The summed E-state index contributed by atoms with van der Waals surface area (Å²) in [4.78, 5) is 0.126. The first-order valence-electron chi connectivity index (χ1n) is 9.23. The third kappa shape index (κ3) is 4.08. The van der Waals surface area contributed by atoms with Crippen LogP contribution in [0.4, 0.5) is 5.82 Å². The van der Waals surface area contributed by atoms with Gasteiger partial charge in [0, 0.05) is 6.07 Å². The van der Waals surface area contributed by atoms with E-state index < -0.39 is 25.9 Å². The molecule has 1 fully saturated rings. The lowest BCUT2D eigenvalue weighted by Gasteiger charge is -2.14. The van der Waals surface area contributed by atoms with Gasteiger partial charge in [0.25, 0.3) is 10.0 Å². The number of benzene rings is 1. The van der Waals surface area contributed by atoms with Crippen molar-refractivity contribution in [1.29, 1.82) is 0 Å². The molecule has 0 unspecified atom stereocenters. The van der Waals surface area contributed by atoms with Gasteiger partial charge in [-0.1, -0.05) is 19.1 Å². The highest BCUT2D eigenvalue weighted by atomic mass is 32.2. The lowest BCUT2D eigenvalue weighted by Crippen LogP contribution is -2.20. The molecule has 10 heteroatoms. The quantitative estimate of drug-likeness (QED) is 0.637. The molecule has 0 saturated carbocycles. The van der Waals surface area contributed by atoms with Gasteiger partial charge in [-0.3, -0.25) is 4.72 Å². The smallest absolute Gasteiger partial charge is 0.263 e. The number of rotatable bonds is 6. The van der Waals surface area contributed by atoms with Gasteiger partial charge < -0.3 is 4.42 Å². The molecule has 0 bridgehead atoms. The Labute approximate surface area is 169 Å². The highest BCUT2D eigenvalue weighted by molar-refractivity contribution is 7.92. The molecule has 2 aromatic heterocycles. The van der Waals surface area contributed by atoms with Gasteiger partial charge in [0.05, 0.1) is 28.7 Å². The van der Waals surface area contributed by atoms with E-state index in [1.807, 2.05) is 6.92 Å². The van der Waals surface area contributed by atoms with Crippen molar-refractivity contribution in [3.63, 3.8) is 0 Å². The van der Waals surface area contributed by atoms with Gasteiger partial charge in [0.1, 0.15) is 11.5 Å². The molecule has 3 heterocycles. The first kappa shape index (κ1) is 19.7. The first-order valence-corrected chi connectivity index (χ1v) is 12.5. The largest absolute Gasteiger partial charge is 0.463 e. The summed E-state index contributed by atoms with van der Waals surface area (Å²) in [5.41, 5.74) is 1.46. The second-order valence-corrected chi connectivity index (χ2v) is 10.9. The second kappa shape index (κ2) is 7.34. The van der Waals surface area contributed by atoms with Crippen LogP contribution in [0.5, 0.6) is 0 Å². The van der Waals surface area contributed by atoms with Crippen LogP contribution < -0.4 is 4.72 Å². The average molecular weight is 436 g/mol. The van der Waals surface area contributed by atoms with Gasteiger partial charge >= 0.3 is 0 Å². The third-order valence-corrected chi connectivity index (χ3v) is 8.07. The highest BCUT2D eigenvalue weighted by Gasteiger charge is 2.32. The van der Waals surface area contributed by atoms with Gasteiger partial charge in [0.15, 0.2) is 15.6 Å². The van der Waals surface area contributed by atoms with E-state index in [1.54, 1.807) is 42.5 Å². The van der Waals surface area contributed by atoms with E-state index in [2.05, 4.69) is 9.82 Å². The molecule has 4 rings (SSSR count). The number of hydrogen-bond acceptors (Lipinski definition) is 6. The maximum Gasteiger partial charge on any atom is 0.263 e. The molecular formula is C19H21N3O5S2. The Balaban J connectivity index is 1.71. The predicted octanol–water partition coefficient (Wildman–Crippen LogP) is 2.87. The minimum Gasteiger partial charge on any atom is -0.463 e. The Hall–Kier alpha value is -2.59. The van der Waals surface area contributed by atoms with Gasteiger partial charge in [-0.25, -0.2) is 21.5 Å². The van der Waals surface area contributed by atoms with Crippen molar-refractivity contribution < 1.29 is 21.3 Å². The maximum absolute atomic E-state index is 12.9. The SMILES string of the molecule is CCc1ccc(S(=O)(=O)Nc2cc(-c3ccco3)nn2[C@H]2CCS(=O)(=O)C2)cc1. The van der Waals surface area contributed by atoms with Gasteiger partial charge in [0.2, 0.25) is 0 Å². The van der Waals surface area contributed by atoms with Crippen molar-refractivity contribution >= 4 is 25.7 Å². The van der Waals surface area contributed by atoms with Gasteiger partial charge in [-0.15, -0.1) is 0 Å². The van der Waals surface area contributed by atoms with Crippen LogP contribution in [-0.4, -0.2) is 38.1 Å². The fourth-order valence-electron chi connectivity index (χ4n) is 3.36. The molecule has 29 heavy (non-hydrogen) atoms. The number of sulfonamides is 1. The minimum absolute atomic E-state index is 0.0539. The lowest BCUT2D eigenvalue weighted by atomic mass is 10.2. The zero-order chi connectivity index (χ0) is 20.6. The van der Waals surface area contributed by atoms with E-state index in [0.717, 1.165) is 12.0 Å². The fraction of sp³-hybridized carbons (Fsp3) is 0.316. The molecule has 1 atom stereocenters. The molecule has 3 aromatic rings. The second-order valence-electron chi connectivity index (χ2n) is 7.00. The summed E-state index contributed by atoms with van der Waals surface area (Å²) in [7, 11) is -7.04. The number of hydrogen-bond donors (Lipinski definition) is 1. The van der Waals surface area contributed by atoms with E-state index >= 15 is 0 Å².